The minimum Gasteiger partial charge on any atom is -0.494 e. The van der Waals surface area contributed by atoms with E-state index in [-0.39, 0.29) is 42.8 Å². The molecule has 4 rings (SSSR count). The van der Waals surface area contributed by atoms with Crippen LogP contribution in [0.3, 0.4) is 0 Å². The van der Waals surface area contributed by atoms with Gasteiger partial charge >= 0.3 is 7.82 Å². The fourth-order valence-electron chi connectivity index (χ4n) is 7.06. The lowest BCUT2D eigenvalue weighted by molar-refractivity contribution is -0.0648. The predicted molar refractivity (Wildman–Crippen MR) is 218 cm³/mol. The molecular weight excluding hydrogens is 781 g/mol. The molecule has 17 nitrogen and oxygen atoms in total. The highest BCUT2D eigenvalue weighted by molar-refractivity contribution is 7.47. The minimum atomic E-state index is -4.78. The number of nitrogen functional groups attached to an aromatic ring is 1. The predicted octanol–water partition coefficient (Wildman–Crippen LogP) is 6.53. The molecule has 18 heteroatoms. The Morgan fingerprint density at radius 3 is 2.19 bits per heavy atom. The lowest BCUT2D eigenvalue weighted by atomic mass is 9.92. The number of aromatic nitrogens is 4. The summed E-state index contributed by atoms with van der Waals surface area (Å²) in [6.45, 7) is 1.86. The van der Waals surface area contributed by atoms with E-state index in [9.17, 15) is 30.2 Å². The van der Waals surface area contributed by atoms with Gasteiger partial charge in [0.15, 0.2) is 17.3 Å². The fourth-order valence-corrected chi connectivity index (χ4v) is 7.87. The van der Waals surface area contributed by atoms with E-state index in [4.69, 9.17) is 33.7 Å². The molecule has 6 atom stereocenters. The van der Waals surface area contributed by atoms with Crippen LogP contribution in [0.1, 0.15) is 121 Å². The molecule has 0 spiro atoms. The van der Waals surface area contributed by atoms with Crippen LogP contribution in [0.2, 0.25) is 0 Å². The highest BCUT2D eigenvalue weighted by Crippen LogP contribution is 2.46. The number of pyridine rings is 1. The summed E-state index contributed by atoms with van der Waals surface area (Å²) >= 11 is 0. The number of aliphatic hydroxyl groups is 2. The molecule has 0 amide bonds. The van der Waals surface area contributed by atoms with Crippen LogP contribution in [0.25, 0.3) is 5.52 Å². The van der Waals surface area contributed by atoms with Crippen molar-refractivity contribution in [3.63, 3.8) is 0 Å². The Kier molecular flexibility index (Phi) is 20.3. The largest absolute Gasteiger partial charge is 0.494 e. The number of anilines is 1. The van der Waals surface area contributed by atoms with Gasteiger partial charge in [0.1, 0.15) is 48.0 Å². The minimum absolute atomic E-state index is 0.00361. The molecule has 1 saturated heterocycles. The Morgan fingerprint density at radius 2 is 1.58 bits per heavy atom. The number of ether oxygens (including phenoxy) is 4. The van der Waals surface area contributed by atoms with E-state index < -0.39 is 44.3 Å². The maximum absolute atomic E-state index is 13.1. The van der Waals surface area contributed by atoms with Crippen LogP contribution in [-0.4, -0.2) is 93.1 Å². The summed E-state index contributed by atoms with van der Waals surface area (Å²) < 4.78 is 47.8. The summed E-state index contributed by atoms with van der Waals surface area (Å²) in [5.41, 5.74) is 4.31. The average Bonchev–Trinajstić information content (AvgIpc) is 3.79. The van der Waals surface area contributed by atoms with Crippen molar-refractivity contribution in [3.8, 4) is 23.6 Å². The molecule has 3 aromatic heterocycles. The van der Waals surface area contributed by atoms with Gasteiger partial charge in [0.25, 0.3) is 0 Å². The zero-order chi connectivity index (χ0) is 42.5. The zero-order valence-corrected chi connectivity index (χ0v) is 35.3. The number of nitrogens with two attached hydrogens (primary N) is 1. The number of rotatable bonds is 30. The number of nitrogens with zero attached hydrogens (tertiary/aromatic N) is 6. The van der Waals surface area contributed by atoms with E-state index in [1.54, 1.807) is 0 Å². The maximum Gasteiger partial charge on any atom is 0.472 e. The van der Waals surface area contributed by atoms with Crippen LogP contribution in [0.4, 0.5) is 5.82 Å². The van der Waals surface area contributed by atoms with Crippen LogP contribution < -0.4 is 15.2 Å². The van der Waals surface area contributed by atoms with Crippen molar-refractivity contribution in [2.24, 2.45) is 5.92 Å². The molecule has 3 aromatic rings. The number of fused-ring (bicyclic) bond motifs is 1. The number of phosphoric ester groups is 1. The second-order valence-corrected chi connectivity index (χ2v) is 16.5. The van der Waals surface area contributed by atoms with Gasteiger partial charge in [0.2, 0.25) is 5.60 Å². The first-order valence-electron chi connectivity index (χ1n) is 20.9. The Morgan fingerprint density at radius 1 is 0.932 bits per heavy atom. The molecule has 0 radical (unpaired) electrons. The second kappa shape index (κ2) is 25.0. The molecular formula is C41H62N7O10P. The third kappa shape index (κ3) is 14.4. The van der Waals surface area contributed by atoms with Gasteiger partial charge in [-0.3, -0.25) is 9.05 Å². The van der Waals surface area contributed by atoms with Gasteiger partial charge in [0, 0.05) is 18.6 Å². The van der Waals surface area contributed by atoms with E-state index in [2.05, 4.69) is 22.0 Å². The number of nitriles is 2. The summed E-state index contributed by atoms with van der Waals surface area (Å²) in [7, 11) is -3.37. The van der Waals surface area contributed by atoms with Crippen molar-refractivity contribution in [1.29, 1.82) is 10.5 Å². The van der Waals surface area contributed by atoms with E-state index in [0.29, 0.717) is 17.9 Å². The molecule has 1 aliphatic rings. The van der Waals surface area contributed by atoms with Crippen molar-refractivity contribution in [2.75, 3.05) is 45.9 Å². The first-order chi connectivity index (χ1) is 28.6. The topological polar surface area (TPSA) is 250 Å². The fraction of sp³-hybridized carbons (Fsp3) is 0.683. The Balaban J connectivity index is 1.21. The van der Waals surface area contributed by atoms with Gasteiger partial charge < -0.3 is 39.8 Å². The molecule has 5 N–H and O–H groups in total. The standard InChI is InChI=1S/C41H62N7O10P/c1-3-4-5-6-7-8-9-10-11-12-13-14-15-16-17-18-21-54-25-31(26-55-32-22-35(53-2)33(23-42)45-24-32)27-56-59(51,52)57-28-36-38(49)39(50)41(29-43,58-36)37-20-19-34-40(44)46-30-47-48(34)37/h19-20,22,24,30-31,36,38-39,49-50H,3-18,21,25-28H2,1-2H3,(H,51,52)(H2,44,46,47)/t31-,36+,38+,39+,41-/m0/s1. The first kappa shape index (κ1) is 47.8. The van der Waals surface area contributed by atoms with Crippen LogP contribution in [0.5, 0.6) is 11.5 Å². The summed E-state index contributed by atoms with van der Waals surface area (Å²) in [4.78, 5) is 18.6. The molecule has 59 heavy (non-hydrogen) atoms. The molecule has 1 fully saturated rings. The lowest BCUT2D eigenvalue weighted by Crippen LogP contribution is -2.41. The average molecular weight is 844 g/mol. The van der Waals surface area contributed by atoms with Crippen LogP contribution in [-0.2, 0) is 28.7 Å². The number of hydrogen-bond donors (Lipinski definition) is 4. The quantitative estimate of drug-likeness (QED) is 0.0411. The summed E-state index contributed by atoms with van der Waals surface area (Å²) in [6, 6.07) is 8.36. The second-order valence-electron chi connectivity index (χ2n) is 15.0. The van der Waals surface area contributed by atoms with Gasteiger partial charge in [-0.25, -0.2) is 19.0 Å². The van der Waals surface area contributed by atoms with E-state index in [1.165, 1.54) is 119 Å². The van der Waals surface area contributed by atoms with Crippen LogP contribution >= 0.6 is 7.82 Å². The van der Waals surface area contributed by atoms with Crippen LogP contribution in [0.15, 0.2) is 30.7 Å². The lowest BCUT2D eigenvalue weighted by Gasteiger charge is -2.24. The van der Waals surface area contributed by atoms with Gasteiger partial charge in [0.05, 0.1) is 45.4 Å². The van der Waals surface area contributed by atoms with Gasteiger partial charge in [-0.1, -0.05) is 103 Å². The number of hydrogen-bond acceptors (Lipinski definition) is 15. The van der Waals surface area contributed by atoms with E-state index in [1.807, 2.05) is 12.1 Å². The third-order valence-corrected chi connectivity index (χ3v) is 11.4. The molecule has 1 unspecified atom stereocenters. The maximum atomic E-state index is 13.1. The van der Waals surface area contributed by atoms with Gasteiger partial charge in [-0.15, -0.1) is 0 Å². The zero-order valence-electron chi connectivity index (χ0n) is 34.5. The molecule has 0 bridgehead atoms. The molecule has 0 aromatic carbocycles. The Labute approximate surface area is 347 Å². The summed E-state index contributed by atoms with van der Waals surface area (Å²) in [5.74, 6) is 0.118. The number of phosphoric acid groups is 1. The number of methoxy groups -OCH3 is 1. The molecule has 0 saturated carbocycles. The van der Waals surface area contributed by atoms with E-state index in [0.717, 1.165) is 25.6 Å². The highest BCUT2D eigenvalue weighted by atomic mass is 31.2. The Bertz CT molecular complexity index is 1840. The van der Waals surface area contributed by atoms with Crippen molar-refractivity contribution in [1.82, 2.24) is 19.6 Å². The van der Waals surface area contributed by atoms with E-state index >= 15 is 0 Å². The normalized spacial score (nSPS) is 20.6. The third-order valence-electron chi connectivity index (χ3n) is 10.5. The molecule has 1 aliphatic heterocycles. The van der Waals surface area contributed by atoms with Crippen LogP contribution in [0, 0.1) is 28.6 Å². The van der Waals surface area contributed by atoms with Gasteiger partial charge in [-0.05, 0) is 18.6 Å². The monoisotopic (exact) mass is 843 g/mol. The number of unbranched alkanes of at least 4 members (excludes halogenated alkanes) is 15. The van der Waals surface area contributed by atoms with Gasteiger partial charge in [-0.2, -0.15) is 15.6 Å². The Hall–Kier alpha value is -3.90. The molecule has 4 heterocycles. The molecule has 326 valence electrons. The summed E-state index contributed by atoms with van der Waals surface area (Å²) in [6.07, 6.45) is 17.9. The van der Waals surface area contributed by atoms with Crippen molar-refractivity contribution in [2.45, 2.75) is 134 Å². The highest BCUT2D eigenvalue weighted by Gasteiger charge is 2.58. The van der Waals surface area contributed by atoms with Crippen molar-refractivity contribution >= 4 is 19.2 Å². The smallest absolute Gasteiger partial charge is 0.472 e. The SMILES string of the molecule is CCCCCCCCCCCCCCCCCCOC[C@@H](COc1cnc(C#N)c(OC)c1)COP(=O)(O)OC[C@H]1O[C@@](C#N)(c2ccc3c(N)ncnn23)[C@H](O)[C@@H]1O. The first-order valence-corrected chi connectivity index (χ1v) is 22.4. The molecule has 0 aliphatic carbocycles. The van der Waals surface area contributed by atoms with Crippen molar-refractivity contribution in [3.05, 3.63) is 42.1 Å². The van der Waals surface area contributed by atoms with Crippen molar-refractivity contribution < 1.29 is 47.7 Å². The number of aliphatic hydroxyl groups excluding tert-OH is 2. The summed E-state index contributed by atoms with van der Waals surface area (Å²) in [5, 5.41) is 45.3.